The highest BCUT2D eigenvalue weighted by atomic mass is 32.1. The van der Waals surface area contributed by atoms with Gasteiger partial charge < -0.3 is 5.73 Å². The summed E-state index contributed by atoms with van der Waals surface area (Å²) >= 11 is 1.82. The Morgan fingerprint density at radius 2 is 2.43 bits per heavy atom. The molecule has 0 amide bonds. The fourth-order valence-corrected chi connectivity index (χ4v) is 4.08. The predicted octanol–water partition coefficient (Wildman–Crippen LogP) is 3.33. The van der Waals surface area contributed by atoms with Gasteiger partial charge in [-0.15, -0.1) is 11.3 Å². The summed E-state index contributed by atoms with van der Waals surface area (Å²) in [7, 11) is 0. The minimum Gasteiger partial charge on any atom is -0.323 e. The second-order valence-corrected chi connectivity index (χ2v) is 5.85. The van der Waals surface area contributed by atoms with Crippen molar-refractivity contribution < 1.29 is 0 Å². The van der Waals surface area contributed by atoms with Gasteiger partial charge in [-0.25, -0.2) is 0 Å². The lowest BCUT2D eigenvalue weighted by Gasteiger charge is -2.27. The second kappa shape index (κ2) is 3.07. The largest absolute Gasteiger partial charge is 0.323 e. The van der Waals surface area contributed by atoms with Crippen molar-refractivity contribution in [2.75, 3.05) is 0 Å². The molecule has 3 unspecified atom stereocenters. The molecule has 2 aliphatic rings. The number of rotatable bonds is 2. The van der Waals surface area contributed by atoms with Crippen LogP contribution in [0.15, 0.2) is 17.5 Å². The van der Waals surface area contributed by atoms with Crippen molar-refractivity contribution in [1.82, 2.24) is 0 Å². The average Bonchev–Trinajstić information content (AvgIpc) is 2.73. The van der Waals surface area contributed by atoms with Crippen LogP contribution in [0.4, 0.5) is 0 Å². The van der Waals surface area contributed by atoms with Crippen LogP contribution in [0, 0.1) is 11.3 Å². The number of nitrogens with two attached hydrogens (primary N) is 1. The van der Waals surface area contributed by atoms with Crippen molar-refractivity contribution in [3.8, 4) is 0 Å². The van der Waals surface area contributed by atoms with Gasteiger partial charge in [-0.1, -0.05) is 18.9 Å². The maximum atomic E-state index is 6.40. The molecule has 2 aliphatic carbocycles. The molecule has 0 radical (unpaired) electrons. The molecule has 3 rings (SSSR count). The van der Waals surface area contributed by atoms with Crippen LogP contribution in [-0.2, 0) is 0 Å². The molecule has 76 valence electrons. The summed E-state index contributed by atoms with van der Waals surface area (Å²) < 4.78 is 0. The van der Waals surface area contributed by atoms with Gasteiger partial charge in [-0.3, -0.25) is 0 Å². The van der Waals surface area contributed by atoms with Gasteiger partial charge in [0.1, 0.15) is 0 Å². The molecule has 0 aromatic carbocycles. The van der Waals surface area contributed by atoms with Crippen LogP contribution in [0.2, 0.25) is 0 Å². The molecule has 2 saturated carbocycles. The Hall–Kier alpha value is -0.340. The van der Waals surface area contributed by atoms with E-state index < -0.39 is 0 Å². The molecule has 3 atom stereocenters. The van der Waals surface area contributed by atoms with Gasteiger partial charge in [0.2, 0.25) is 0 Å². The molecule has 14 heavy (non-hydrogen) atoms. The van der Waals surface area contributed by atoms with Gasteiger partial charge in [0.25, 0.3) is 0 Å². The Labute approximate surface area is 89.3 Å². The molecular weight excluding hydrogens is 190 g/mol. The highest BCUT2D eigenvalue weighted by molar-refractivity contribution is 7.10. The third-order valence-electron chi connectivity index (χ3n) is 4.19. The van der Waals surface area contributed by atoms with Crippen LogP contribution < -0.4 is 5.73 Å². The van der Waals surface area contributed by atoms with Crippen molar-refractivity contribution >= 4 is 11.3 Å². The minimum absolute atomic E-state index is 0.327. The highest BCUT2D eigenvalue weighted by Gasteiger charge is 2.58. The fourth-order valence-electron chi connectivity index (χ4n) is 3.23. The second-order valence-electron chi connectivity index (χ2n) is 4.87. The zero-order chi connectivity index (χ0) is 9.60. The Morgan fingerprint density at radius 3 is 3.14 bits per heavy atom. The van der Waals surface area contributed by atoms with Gasteiger partial charge in [0, 0.05) is 10.9 Å². The SMILES string of the molecule is NC(c1cccs1)C12CCCCC1C2. The molecule has 1 aromatic rings. The third kappa shape index (κ3) is 1.17. The summed E-state index contributed by atoms with van der Waals surface area (Å²) in [4.78, 5) is 1.40. The van der Waals surface area contributed by atoms with Crippen LogP contribution in [0.25, 0.3) is 0 Å². The molecule has 2 fully saturated rings. The molecule has 0 saturated heterocycles. The van der Waals surface area contributed by atoms with Crippen molar-refractivity contribution in [2.45, 2.75) is 38.1 Å². The summed E-state index contributed by atoms with van der Waals surface area (Å²) in [6.45, 7) is 0. The third-order valence-corrected chi connectivity index (χ3v) is 5.15. The number of hydrogen-bond acceptors (Lipinski definition) is 2. The monoisotopic (exact) mass is 207 g/mol. The highest BCUT2D eigenvalue weighted by Crippen LogP contribution is 2.66. The molecule has 0 bridgehead atoms. The van der Waals surface area contributed by atoms with Gasteiger partial charge in [-0.05, 0) is 42.0 Å². The molecule has 1 nitrogen and oxygen atoms in total. The summed E-state index contributed by atoms with van der Waals surface area (Å²) in [6, 6.07) is 4.65. The summed E-state index contributed by atoms with van der Waals surface area (Å²) in [5, 5.41) is 2.14. The lowest BCUT2D eigenvalue weighted by molar-refractivity contribution is 0.286. The van der Waals surface area contributed by atoms with Crippen LogP contribution in [0.1, 0.15) is 43.0 Å². The normalized spacial score (nSPS) is 37.6. The van der Waals surface area contributed by atoms with E-state index in [0.717, 1.165) is 5.92 Å². The van der Waals surface area contributed by atoms with E-state index in [0.29, 0.717) is 11.5 Å². The van der Waals surface area contributed by atoms with E-state index in [4.69, 9.17) is 5.73 Å². The Morgan fingerprint density at radius 1 is 1.50 bits per heavy atom. The zero-order valence-corrected chi connectivity index (χ0v) is 9.22. The zero-order valence-electron chi connectivity index (χ0n) is 8.41. The number of fused-ring (bicyclic) bond motifs is 1. The van der Waals surface area contributed by atoms with Gasteiger partial charge in [0.15, 0.2) is 0 Å². The van der Waals surface area contributed by atoms with E-state index in [9.17, 15) is 0 Å². The minimum atomic E-state index is 0.327. The Bertz CT molecular complexity index is 319. The first-order valence-corrected chi connectivity index (χ1v) is 6.50. The topological polar surface area (TPSA) is 26.0 Å². The molecule has 0 aliphatic heterocycles. The van der Waals surface area contributed by atoms with Crippen molar-refractivity contribution in [2.24, 2.45) is 17.1 Å². The van der Waals surface area contributed by atoms with Gasteiger partial charge in [0.05, 0.1) is 0 Å². The summed E-state index contributed by atoms with van der Waals surface area (Å²) in [5.41, 5.74) is 6.92. The van der Waals surface area contributed by atoms with E-state index in [1.807, 2.05) is 11.3 Å². The molecule has 0 spiro atoms. The van der Waals surface area contributed by atoms with E-state index in [2.05, 4.69) is 17.5 Å². The Balaban J connectivity index is 1.83. The van der Waals surface area contributed by atoms with E-state index >= 15 is 0 Å². The van der Waals surface area contributed by atoms with Crippen LogP contribution in [0.5, 0.6) is 0 Å². The van der Waals surface area contributed by atoms with Gasteiger partial charge >= 0.3 is 0 Å². The molecule has 1 aromatic heterocycles. The van der Waals surface area contributed by atoms with E-state index in [1.54, 1.807) is 0 Å². The first-order chi connectivity index (χ1) is 6.83. The molecule has 2 N–H and O–H groups in total. The number of hydrogen-bond donors (Lipinski definition) is 1. The maximum absolute atomic E-state index is 6.40. The molecular formula is C12H17NS. The van der Waals surface area contributed by atoms with Crippen LogP contribution in [-0.4, -0.2) is 0 Å². The number of thiophene rings is 1. The first kappa shape index (κ1) is 8.93. The predicted molar refractivity (Wildman–Crippen MR) is 60.3 cm³/mol. The van der Waals surface area contributed by atoms with E-state index in [1.165, 1.54) is 37.0 Å². The van der Waals surface area contributed by atoms with Crippen molar-refractivity contribution in [3.05, 3.63) is 22.4 Å². The van der Waals surface area contributed by atoms with E-state index in [-0.39, 0.29) is 0 Å². The maximum Gasteiger partial charge on any atom is 0.0449 e. The van der Waals surface area contributed by atoms with Crippen molar-refractivity contribution in [1.29, 1.82) is 0 Å². The lowest BCUT2D eigenvalue weighted by atomic mass is 9.82. The summed E-state index contributed by atoms with van der Waals surface area (Å²) in [5.74, 6) is 0.952. The lowest BCUT2D eigenvalue weighted by Crippen LogP contribution is -2.25. The van der Waals surface area contributed by atoms with Crippen LogP contribution in [0.3, 0.4) is 0 Å². The molecule has 2 heteroatoms. The van der Waals surface area contributed by atoms with Crippen LogP contribution >= 0.6 is 11.3 Å². The fraction of sp³-hybridized carbons (Fsp3) is 0.667. The summed E-state index contributed by atoms with van der Waals surface area (Å²) in [6.07, 6.45) is 7.03. The Kier molecular flexibility index (Phi) is 1.96. The molecule has 1 heterocycles. The smallest absolute Gasteiger partial charge is 0.0449 e. The van der Waals surface area contributed by atoms with Gasteiger partial charge in [-0.2, -0.15) is 0 Å². The quantitative estimate of drug-likeness (QED) is 0.791. The standard InChI is InChI=1S/C12H17NS/c13-11(10-5-3-7-14-10)12-6-2-1-4-9(12)8-12/h3,5,7,9,11H,1-2,4,6,8,13H2. The first-order valence-electron chi connectivity index (χ1n) is 5.62. The average molecular weight is 207 g/mol. The van der Waals surface area contributed by atoms with Crippen molar-refractivity contribution in [3.63, 3.8) is 0 Å².